The summed E-state index contributed by atoms with van der Waals surface area (Å²) in [5.74, 6) is 2.64. The summed E-state index contributed by atoms with van der Waals surface area (Å²) in [4.78, 5) is 0. The lowest BCUT2D eigenvalue weighted by atomic mass is 9.92. The van der Waals surface area contributed by atoms with Gasteiger partial charge in [-0.05, 0) is 43.9 Å². The molecule has 0 radical (unpaired) electrons. The molecule has 0 amide bonds. The fraction of sp³-hybridized carbons (Fsp3) is 0.429. The Bertz CT molecular complexity index is 362. The maximum absolute atomic E-state index is 6.14. The molecule has 1 aromatic carbocycles. The Hall–Kier alpha value is -1.26. The average molecular weight is 201 g/mol. The zero-order valence-corrected chi connectivity index (χ0v) is 9.80. The standard InChI is InChI=1S/C14H19N/c1-5-6-7-13(15)14-11(3)8-10(2)9-12(14)4/h1,8-9,13H,6-7,15H2,2-4H3. The van der Waals surface area contributed by atoms with Gasteiger partial charge in [-0.15, -0.1) is 12.3 Å². The molecule has 0 fully saturated rings. The van der Waals surface area contributed by atoms with Gasteiger partial charge < -0.3 is 5.73 Å². The maximum atomic E-state index is 6.14. The van der Waals surface area contributed by atoms with Crippen LogP contribution in [0.3, 0.4) is 0 Å². The summed E-state index contributed by atoms with van der Waals surface area (Å²) in [6.45, 7) is 6.34. The molecule has 1 unspecified atom stereocenters. The Morgan fingerprint density at radius 2 is 1.80 bits per heavy atom. The maximum Gasteiger partial charge on any atom is 0.0309 e. The first-order chi connectivity index (χ1) is 7.06. The van der Waals surface area contributed by atoms with E-state index < -0.39 is 0 Å². The Kier molecular flexibility index (Phi) is 3.94. The molecule has 0 heterocycles. The van der Waals surface area contributed by atoms with E-state index in [9.17, 15) is 0 Å². The summed E-state index contributed by atoms with van der Waals surface area (Å²) in [5.41, 5.74) is 11.2. The SMILES string of the molecule is C#CCCC(N)c1c(C)cc(C)cc1C. The molecule has 0 bridgehead atoms. The summed E-state index contributed by atoms with van der Waals surface area (Å²) < 4.78 is 0. The summed E-state index contributed by atoms with van der Waals surface area (Å²) in [5, 5.41) is 0. The summed E-state index contributed by atoms with van der Waals surface area (Å²) >= 11 is 0. The molecule has 1 atom stereocenters. The van der Waals surface area contributed by atoms with Gasteiger partial charge in [0.25, 0.3) is 0 Å². The third kappa shape index (κ3) is 2.84. The minimum Gasteiger partial charge on any atom is -0.324 e. The second-order valence-corrected chi connectivity index (χ2v) is 4.16. The minimum atomic E-state index is 0.0710. The van der Waals surface area contributed by atoms with Gasteiger partial charge in [-0.2, -0.15) is 0 Å². The smallest absolute Gasteiger partial charge is 0.0309 e. The zero-order valence-electron chi connectivity index (χ0n) is 9.80. The second kappa shape index (κ2) is 5.00. The first kappa shape index (κ1) is 11.8. The van der Waals surface area contributed by atoms with E-state index >= 15 is 0 Å². The van der Waals surface area contributed by atoms with Gasteiger partial charge in [0.05, 0.1) is 0 Å². The van der Waals surface area contributed by atoms with Crippen LogP contribution in [0, 0.1) is 33.1 Å². The van der Waals surface area contributed by atoms with E-state index in [0.717, 1.165) is 12.8 Å². The van der Waals surface area contributed by atoms with Crippen molar-refractivity contribution in [2.75, 3.05) is 0 Å². The molecule has 1 rings (SSSR count). The fourth-order valence-corrected chi connectivity index (χ4v) is 2.16. The van der Waals surface area contributed by atoms with Crippen LogP contribution in [0.1, 0.15) is 41.1 Å². The summed E-state index contributed by atoms with van der Waals surface area (Å²) in [6.07, 6.45) is 6.86. The molecular weight excluding hydrogens is 182 g/mol. The molecular formula is C14H19N. The number of aryl methyl sites for hydroxylation is 3. The van der Waals surface area contributed by atoms with Crippen molar-refractivity contribution < 1.29 is 0 Å². The lowest BCUT2D eigenvalue weighted by molar-refractivity contribution is 0.659. The average Bonchev–Trinajstić information content (AvgIpc) is 2.12. The van der Waals surface area contributed by atoms with Crippen molar-refractivity contribution >= 4 is 0 Å². The van der Waals surface area contributed by atoms with Crippen LogP contribution >= 0.6 is 0 Å². The Morgan fingerprint density at radius 3 is 2.27 bits per heavy atom. The molecule has 0 aliphatic heterocycles. The van der Waals surface area contributed by atoms with Crippen molar-refractivity contribution in [1.29, 1.82) is 0 Å². The van der Waals surface area contributed by atoms with Crippen molar-refractivity contribution in [3.05, 3.63) is 34.4 Å². The molecule has 0 aliphatic carbocycles. The van der Waals surface area contributed by atoms with Gasteiger partial charge in [-0.3, -0.25) is 0 Å². The van der Waals surface area contributed by atoms with Crippen LogP contribution in [0.5, 0.6) is 0 Å². The second-order valence-electron chi connectivity index (χ2n) is 4.16. The third-order valence-electron chi connectivity index (χ3n) is 2.71. The monoisotopic (exact) mass is 201 g/mol. The highest BCUT2D eigenvalue weighted by molar-refractivity contribution is 5.39. The Morgan fingerprint density at radius 1 is 1.27 bits per heavy atom. The molecule has 1 heteroatoms. The molecule has 0 spiro atoms. The number of hydrogen-bond donors (Lipinski definition) is 1. The lowest BCUT2D eigenvalue weighted by Crippen LogP contribution is -2.13. The van der Waals surface area contributed by atoms with Crippen molar-refractivity contribution in [3.63, 3.8) is 0 Å². The predicted molar refractivity (Wildman–Crippen MR) is 65.6 cm³/mol. The lowest BCUT2D eigenvalue weighted by Gasteiger charge is -2.17. The molecule has 1 nitrogen and oxygen atoms in total. The largest absolute Gasteiger partial charge is 0.324 e. The van der Waals surface area contributed by atoms with E-state index in [1.807, 2.05) is 0 Å². The molecule has 0 aliphatic rings. The van der Waals surface area contributed by atoms with Crippen LogP contribution in [-0.4, -0.2) is 0 Å². The van der Waals surface area contributed by atoms with Crippen molar-refractivity contribution in [1.82, 2.24) is 0 Å². The zero-order chi connectivity index (χ0) is 11.4. The van der Waals surface area contributed by atoms with Gasteiger partial charge in [0.15, 0.2) is 0 Å². The molecule has 2 N–H and O–H groups in total. The first-order valence-electron chi connectivity index (χ1n) is 5.33. The topological polar surface area (TPSA) is 26.0 Å². The van der Waals surface area contributed by atoms with Crippen molar-refractivity contribution in [2.45, 2.75) is 39.7 Å². The highest BCUT2D eigenvalue weighted by Crippen LogP contribution is 2.24. The Balaban J connectivity index is 2.99. The Labute approximate surface area is 92.7 Å². The van der Waals surface area contributed by atoms with E-state index in [-0.39, 0.29) is 6.04 Å². The van der Waals surface area contributed by atoms with Crippen LogP contribution in [0.2, 0.25) is 0 Å². The molecule has 0 aromatic heterocycles. The van der Waals surface area contributed by atoms with Crippen molar-refractivity contribution in [3.8, 4) is 12.3 Å². The van der Waals surface area contributed by atoms with Crippen LogP contribution in [-0.2, 0) is 0 Å². The quantitative estimate of drug-likeness (QED) is 0.747. The van der Waals surface area contributed by atoms with Gasteiger partial charge in [-0.1, -0.05) is 17.7 Å². The molecule has 0 saturated carbocycles. The fourth-order valence-electron chi connectivity index (χ4n) is 2.16. The third-order valence-corrected chi connectivity index (χ3v) is 2.71. The van der Waals surface area contributed by atoms with Gasteiger partial charge in [0.2, 0.25) is 0 Å². The summed E-state index contributed by atoms with van der Waals surface area (Å²) in [7, 11) is 0. The van der Waals surface area contributed by atoms with Crippen molar-refractivity contribution in [2.24, 2.45) is 5.73 Å². The normalized spacial score (nSPS) is 12.2. The van der Waals surface area contributed by atoms with Crippen LogP contribution in [0.25, 0.3) is 0 Å². The van der Waals surface area contributed by atoms with E-state index in [0.29, 0.717) is 0 Å². The van der Waals surface area contributed by atoms with E-state index in [2.05, 4.69) is 38.8 Å². The molecule has 0 saturated heterocycles. The number of nitrogens with two attached hydrogens (primary N) is 1. The number of terminal acetylenes is 1. The summed E-state index contributed by atoms with van der Waals surface area (Å²) in [6, 6.07) is 4.43. The minimum absolute atomic E-state index is 0.0710. The number of rotatable bonds is 3. The van der Waals surface area contributed by atoms with Crippen LogP contribution in [0.4, 0.5) is 0 Å². The highest BCUT2D eigenvalue weighted by atomic mass is 14.6. The van der Waals surface area contributed by atoms with Gasteiger partial charge in [-0.25, -0.2) is 0 Å². The van der Waals surface area contributed by atoms with E-state index in [4.69, 9.17) is 12.2 Å². The van der Waals surface area contributed by atoms with E-state index in [1.54, 1.807) is 0 Å². The van der Waals surface area contributed by atoms with Gasteiger partial charge >= 0.3 is 0 Å². The van der Waals surface area contributed by atoms with Gasteiger partial charge in [0, 0.05) is 12.5 Å². The molecule has 80 valence electrons. The number of hydrogen-bond acceptors (Lipinski definition) is 1. The van der Waals surface area contributed by atoms with Gasteiger partial charge in [0.1, 0.15) is 0 Å². The van der Waals surface area contributed by atoms with E-state index in [1.165, 1.54) is 22.3 Å². The number of benzene rings is 1. The first-order valence-corrected chi connectivity index (χ1v) is 5.33. The predicted octanol–water partition coefficient (Wildman–Crippen LogP) is 3.03. The molecule has 15 heavy (non-hydrogen) atoms. The highest BCUT2D eigenvalue weighted by Gasteiger charge is 2.11. The molecule has 1 aromatic rings. The van der Waals surface area contributed by atoms with Crippen LogP contribution in [0.15, 0.2) is 12.1 Å². The van der Waals surface area contributed by atoms with Crippen LogP contribution < -0.4 is 5.73 Å².